The minimum atomic E-state index is -4.50. The van der Waals surface area contributed by atoms with Crippen molar-refractivity contribution in [3.8, 4) is 0 Å². The first-order valence-corrected chi connectivity index (χ1v) is 5.32. The molecule has 2 aromatic heterocycles. The number of halogens is 3. The number of hydrogen-bond donors (Lipinski definition) is 2. The zero-order chi connectivity index (χ0) is 12.3. The lowest BCUT2D eigenvalue weighted by molar-refractivity contribution is -0.144. The lowest BCUT2D eigenvalue weighted by Crippen LogP contribution is -2.09. The van der Waals surface area contributed by atoms with Crippen molar-refractivity contribution in [1.82, 2.24) is 24.5 Å². The summed E-state index contributed by atoms with van der Waals surface area (Å²) in [7, 11) is 0. The molecule has 0 aliphatic heterocycles. The van der Waals surface area contributed by atoms with E-state index in [9.17, 15) is 13.2 Å². The van der Waals surface area contributed by atoms with Crippen LogP contribution in [-0.2, 0) is 12.6 Å². The van der Waals surface area contributed by atoms with Gasteiger partial charge in [-0.1, -0.05) is 0 Å². The van der Waals surface area contributed by atoms with E-state index in [1.807, 2.05) is 0 Å². The molecule has 0 saturated heterocycles. The highest BCUT2D eigenvalue weighted by Crippen LogP contribution is 2.28. The summed E-state index contributed by atoms with van der Waals surface area (Å²) < 4.78 is 39.7. The standard InChI is InChI=1S/C7H7F3N6S/c8-7(9,10)5-14-6(17-16-5)11-2-1-4-12-3-13-15-4/h3H,1-2H2,(H,11,14,16)(H,12,13,15). The Kier molecular flexibility index (Phi) is 3.22. The average molecular weight is 264 g/mol. The molecule has 10 heteroatoms. The molecule has 0 fully saturated rings. The van der Waals surface area contributed by atoms with E-state index in [0.717, 1.165) is 0 Å². The van der Waals surface area contributed by atoms with Crippen molar-refractivity contribution in [1.29, 1.82) is 0 Å². The molecule has 0 saturated carbocycles. The van der Waals surface area contributed by atoms with Gasteiger partial charge in [-0.25, -0.2) is 4.98 Å². The highest BCUT2D eigenvalue weighted by atomic mass is 32.1. The molecular formula is C7H7F3N6S. The zero-order valence-electron chi connectivity index (χ0n) is 8.32. The molecule has 0 radical (unpaired) electrons. The topological polar surface area (TPSA) is 79.4 Å². The Morgan fingerprint density at radius 1 is 1.41 bits per heavy atom. The van der Waals surface area contributed by atoms with Crippen molar-refractivity contribution >= 4 is 16.7 Å². The normalized spacial score (nSPS) is 11.7. The SMILES string of the molecule is FC(F)(F)c1nsc(NCCc2ncn[nH]2)n1. The monoisotopic (exact) mass is 264 g/mol. The summed E-state index contributed by atoms with van der Waals surface area (Å²) in [6.07, 6.45) is -2.62. The molecule has 2 rings (SSSR count). The van der Waals surface area contributed by atoms with Crippen LogP contribution in [0.15, 0.2) is 6.33 Å². The van der Waals surface area contributed by atoms with Crippen LogP contribution in [-0.4, -0.2) is 31.1 Å². The smallest absolute Gasteiger partial charge is 0.360 e. The van der Waals surface area contributed by atoms with E-state index in [0.29, 0.717) is 30.3 Å². The Morgan fingerprint density at radius 3 is 2.82 bits per heavy atom. The number of nitrogens with zero attached hydrogens (tertiary/aromatic N) is 4. The average Bonchev–Trinajstić information content (AvgIpc) is 2.86. The Morgan fingerprint density at radius 2 is 2.24 bits per heavy atom. The van der Waals surface area contributed by atoms with Crippen molar-refractivity contribution in [2.75, 3.05) is 11.9 Å². The number of rotatable bonds is 4. The minimum Gasteiger partial charge on any atom is -0.360 e. The minimum absolute atomic E-state index is 0.136. The van der Waals surface area contributed by atoms with Gasteiger partial charge in [0.1, 0.15) is 12.2 Å². The van der Waals surface area contributed by atoms with Crippen molar-refractivity contribution in [2.45, 2.75) is 12.6 Å². The first-order chi connectivity index (χ1) is 8.05. The molecular weight excluding hydrogens is 257 g/mol. The molecule has 0 aromatic carbocycles. The lowest BCUT2D eigenvalue weighted by atomic mass is 10.4. The fourth-order valence-electron chi connectivity index (χ4n) is 1.05. The molecule has 92 valence electrons. The largest absolute Gasteiger partial charge is 0.452 e. The summed E-state index contributed by atoms with van der Waals surface area (Å²) in [4.78, 5) is 7.20. The Hall–Kier alpha value is -1.71. The quantitative estimate of drug-likeness (QED) is 0.870. The van der Waals surface area contributed by atoms with Gasteiger partial charge in [0, 0.05) is 24.5 Å². The van der Waals surface area contributed by atoms with Gasteiger partial charge >= 0.3 is 6.18 Å². The summed E-state index contributed by atoms with van der Waals surface area (Å²) in [6.45, 7) is 0.404. The van der Waals surface area contributed by atoms with Gasteiger partial charge in [-0.3, -0.25) is 5.10 Å². The number of anilines is 1. The molecule has 2 N–H and O–H groups in total. The number of alkyl halides is 3. The van der Waals surface area contributed by atoms with E-state index < -0.39 is 12.0 Å². The summed E-state index contributed by atoms with van der Waals surface area (Å²) in [5.41, 5.74) is 0. The van der Waals surface area contributed by atoms with Crippen LogP contribution in [0.25, 0.3) is 0 Å². The highest BCUT2D eigenvalue weighted by Gasteiger charge is 2.36. The molecule has 0 atom stereocenters. The van der Waals surface area contributed by atoms with Crippen LogP contribution in [0.1, 0.15) is 11.6 Å². The molecule has 0 spiro atoms. The predicted octanol–water partition coefficient (Wildman–Crippen LogP) is 1.33. The van der Waals surface area contributed by atoms with Gasteiger partial charge in [-0.15, -0.1) is 0 Å². The summed E-state index contributed by atoms with van der Waals surface area (Å²) in [5, 5.41) is 9.15. The third kappa shape index (κ3) is 3.12. The maximum atomic E-state index is 12.2. The van der Waals surface area contributed by atoms with E-state index in [-0.39, 0.29) is 5.13 Å². The molecule has 6 nitrogen and oxygen atoms in total. The van der Waals surface area contributed by atoms with Gasteiger partial charge in [0.05, 0.1) is 0 Å². The van der Waals surface area contributed by atoms with Crippen LogP contribution in [0.4, 0.5) is 18.3 Å². The maximum absolute atomic E-state index is 12.2. The molecule has 0 unspecified atom stereocenters. The molecule has 2 aromatic rings. The third-order valence-electron chi connectivity index (χ3n) is 1.78. The molecule has 2 heterocycles. The van der Waals surface area contributed by atoms with Gasteiger partial charge in [-0.2, -0.15) is 27.6 Å². The Balaban J connectivity index is 1.85. The Labute approximate surface area is 97.5 Å². The number of aromatic amines is 1. The van der Waals surface area contributed by atoms with Gasteiger partial charge < -0.3 is 5.32 Å². The van der Waals surface area contributed by atoms with Crippen molar-refractivity contribution < 1.29 is 13.2 Å². The number of hydrogen-bond acceptors (Lipinski definition) is 6. The van der Waals surface area contributed by atoms with Crippen molar-refractivity contribution in [3.63, 3.8) is 0 Å². The van der Waals surface area contributed by atoms with Crippen LogP contribution in [0.5, 0.6) is 0 Å². The summed E-state index contributed by atoms with van der Waals surface area (Å²) >= 11 is 0.675. The molecule has 0 bridgehead atoms. The highest BCUT2D eigenvalue weighted by molar-refractivity contribution is 7.09. The van der Waals surface area contributed by atoms with Crippen LogP contribution >= 0.6 is 11.5 Å². The van der Waals surface area contributed by atoms with E-state index in [1.165, 1.54) is 6.33 Å². The second-order valence-electron chi connectivity index (χ2n) is 3.03. The van der Waals surface area contributed by atoms with Crippen molar-refractivity contribution in [3.05, 3.63) is 18.0 Å². The van der Waals surface area contributed by atoms with Gasteiger partial charge in [0.25, 0.3) is 0 Å². The van der Waals surface area contributed by atoms with E-state index in [1.54, 1.807) is 0 Å². The lowest BCUT2D eigenvalue weighted by Gasteiger charge is -2.00. The van der Waals surface area contributed by atoms with Gasteiger partial charge in [-0.05, 0) is 0 Å². The predicted molar refractivity (Wildman–Crippen MR) is 53.5 cm³/mol. The second-order valence-corrected chi connectivity index (χ2v) is 3.78. The first kappa shape index (κ1) is 11.8. The van der Waals surface area contributed by atoms with E-state index in [2.05, 4.69) is 29.9 Å². The fraction of sp³-hybridized carbons (Fsp3) is 0.429. The molecule has 0 aliphatic carbocycles. The molecule has 17 heavy (non-hydrogen) atoms. The van der Waals surface area contributed by atoms with Crippen LogP contribution in [0.2, 0.25) is 0 Å². The van der Waals surface area contributed by atoms with Gasteiger partial charge in [0.15, 0.2) is 0 Å². The van der Waals surface area contributed by atoms with Crippen LogP contribution in [0, 0.1) is 0 Å². The fourth-order valence-corrected chi connectivity index (χ4v) is 1.66. The number of nitrogens with one attached hydrogen (secondary N) is 2. The van der Waals surface area contributed by atoms with Gasteiger partial charge in [0.2, 0.25) is 11.0 Å². The first-order valence-electron chi connectivity index (χ1n) is 4.55. The van der Waals surface area contributed by atoms with E-state index >= 15 is 0 Å². The van der Waals surface area contributed by atoms with Crippen LogP contribution in [0.3, 0.4) is 0 Å². The van der Waals surface area contributed by atoms with Crippen molar-refractivity contribution in [2.24, 2.45) is 0 Å². The number of aromatic nitrogens is 5. The second kappa shape index (κ2) is 4.65. The summed E-state index contributed by atoms with van der Waals surface area (Å²) in [6, 6.07) is 0. The third-order valence-corrected chi connectivity index (χ3v) is 2.46. The maximum Gasteiger partial charge on any atom is 0.452 e. The van der Waals surface area contributed by atoms with E-state index in [4.69, 9.17) is 0 Å². The Bertz CT molecular complexity index is 464. The summed E-state index contributed by atoms with van der Waals surface area (Å²) in [5.74, 6) is -0.470. The number of H-pyrrole nitrogens is 1. The molecule has 0 amide bonds. The van der Waals surface area contributed by atoms with Crippen LogP contribution < -0.4 is 5.32 Å². The zero-order valence-corrected chi connectivity index (χ0v) is 9.14. The molecule has 0 aliphatic rings.